The maximum Gasteiger partial charge on any atom is 0.233 e. The molecule has 0 radical (unpaired) electrons. The third-order valence-electron chi connectivity index (χ3n) is 3.38. The zero-order valence-electron chi connectivity index (χ0n) is 11.7. The average molecular weight is 269 g/mol. The van der Waals surface area contributed by atoms with Crippen molar-refractivity contribution in [3.8, 4) is 5.88 Å². The summed E-state index contributed by atoms with van der Waals surface area (Å²) in [5.74, 6) is 0.555. The predicted octanol–water partition coefficient (Wildman–Crippen LogP) is 2.50. The molecule has 1 aromatic rings. The summed E-state index contributed by atoms with van der Waals surface area (Å²) < 4.78 is 5.32. The topological polar surface area (TPSA) is 47.0 Å². The molecule has 0 atom stereocenters. The fourth-order valence-electron chi connectivity index (χ4n) is 1.83. The number of rotatable bonds is 8. The van der Waals surface area contributed by atoms with Crippen molar-refractivity contribution in [3.05, 3.63) is 17.8 Å². The van der Waals surface area contributed by atoms with E-state index in [1.165, 1.54) is 12.8 Å². The van der Waals surface area contributed by atoms with Crippen LogP contribution in [-0.4, -0.2) is 34.9 Å². The number of thioether (sulfide) groups is 1. The molecule has 0 amide bonds. The van der Waals surface area contributed by atoms with E-state index in [1.807, 2.05) is 23.9 Å². The van der Waals surface area contributed by atoms with Gasteiger partial charge in [0, 0.05) is 23.9 Å². The van der Waals surface area contributed by atoms with Crippen LogP contribution in [0.2, 0.25) is 0 Å². The molecule has 0 aliphatic heterocycles. The minimum absolute atomic E-state index is 0.333. The van der Waals surface area contributed by atoms with E-state index < -0.39 is 0 Å². The standard InChI is InChI=1S/C13H23N3OS/c1-5-13(6-2,18-4)10-14-9-11-7-8-12(17-3)16-15-11/h7-8,14H,5-6,9-10H2,1-4H3. The van der Waals surface area contributed by atoms with Crippen LogP contribution in [0.5, 0.6) is 5.88 Å². The second-order valence-corrected chi connectivity index (χ2v) is 5.54. The van der Waals surface area contributed by atoms with Crippen molar-refractivity contribution in [1.29, 1.82) is 0 Å². The molecule has 18 heavy (non-hydrogen) atoms. The van der Waals surface area contributed by atoms with Crippen LogP contribution in [0.3, 0.4) is 0 Å². The van der Waals surface area contributed by atoms with Crippen molar-refractivity contribution in [3.63, 3.8) is 0 Å². The summed E-state index contributed by atoms with van der Waals surface area (Å²) in [5.41, 5.74) is 0.943. The third kappa shape index (κ3) is 4.14. The molecule has 1 aromatic heterocycles. The molecule has 0 fully saturated rings. The number of ether oxygens (including phenoxy) is 1. The van der Waals surface area contributed by atoms with Gasteiger partial charge in [0.05, 0.1) is 12.8 Å². The zero-order valence-corrected chi connectivity index (χ0v) is 12.5. The molecule has 102 valence electrons. The summed E-state index contributed by atoms with van der Waals surface area (Å²) in [7, 11) is 1.59. The lowest BCUT2D eigenvalue weighted by Gasteiger charge is -2.29. The fourth-order valence-corrected chi connectivity index (χ4v) is 2.65. The van der Waals surface area contributed by atoms with Crippen molar-refractivity contribution < 1.29 is 4.74 Å². The first-order valence-corrected chi connectivity index (χ1v) is 7.54. The van der Waals surface area contributed by atoms with Gasteiger partial charge in [0.2, 0.25) is 5.88 Å². The van der Waals surface area contributed by atoms with Gasteiger partial charge in [0.15, 0.2) is 0 Å². The first-order valence-electron chi connectivity index (χ1n) is 6.32. The van der Waals surface area contributed by atoms with Gasteiger partial charge in [0.1, 0.15) is 0 Å². The molecule has 1 heterocycles. The van der Waals surface area contributed by atoms with Crippen molar-refractivity contribution in [2.75, 3.05) is 19.9 Å². The van der Waals surface area contributed by atoms with E-state index in [0.717, 1.165) is 18.8 Å². The third-order valence-corrected chi connectivity index (χ3v) is 4.97. The minimum atomic E-state index is 0.333. The first kappa shape index (κ1) is 15.2. The van der Waals surface area contributed by atoms with Crippen molar-refractivity contribution in [2.45, 2.75) is 38.0 Å². The van der Waals surface area contributed by atoms with Crippen LogP contribution in [0.1, 0.15) is 32.4 Å². The molecule has 0 bridgehead atoms. The van der Waals surface area contributed by atoms with E-state index in [2.05, 4.69) is 35.6 Å². The van der Waals surface area contributed by atoms with Crippen LogP contribution in [-0.2, 0) is 6.54 Å². The molecular weight excluding hydrogens is 246 g/mol. The Morgan fingerprint density at radius 1 is 1.28 bits per heavy atom. The summed E-state index contributed by atoms with van der Waals surface area (Å²) in [5, 5.41) is 11.5. The van der Waals surface area contributed by atoms with Crippen LogP contribution in [0.15, 0.2) is 12.1 Å². The lowest BCUT2D eigenvalue weighted by atomic mass is 10.0. The van der Waals surface area contributed by atoms with E-state index in [4.69, 9.17) is 4.74 Å². The quantitative estimate of drug-likeness (QED) is 0.785. The first-order chi connectivity index (χ1) is 8.69. The molecule has 1 rings (SSSR count). The SMILES string of the molecule is CCC(CC)(CNCc1ccc(OC)nn1)SC. The van der Waals surface area contributed by atoms with E-state index >= 15 is 0 Å². The molecule has 4 nitrogen and oxygen atoms in total. The maximum atomic E-state index is 4.98. The number of hydrogen-bond acceptors (Lipinski definition) is 5. The van der Waals surface area contributed by atoms with Crippen molar-refractivity contribution in [2.24, 2.45) is 0 Å². The highest BCUT2D eigenvalue weighted by molar-refractivity contribution is 8.00. The number of nitrogens with zero attached hydrogens (tertiary/aromatic N) is 2. The van der Waals surface area contributed by atoms with Gasteiger partial charge in [0.25, 0.3) is 0 Å². The highest BCUT2D eigenvalue weighted by Crippen LogP contribution is 2.29. The second kappa shape index (κ2) is 7.59. The molecule has 0 aromatic carbocycles. The van der Waals surface area contributed by atoms with Crippen LogP contribution < -0.4 is 10.1 Å². The molecule has 0 aliphatic carbocycles. The molecule has 0 spiro atoms. The van der Waals surface area contributed by atoms with Gasteiger partial charge in [-0.2, -0.15) is 16.9 Å². The number of nitrogens with one attached hydrogen (secondary N) is 1. The van der Waals surface area contributed by atoms with Gasteiger partial charge in [-0.05, 0) is 25.2 Å². The van der Waals surface area contributed by atoms with Gasteiger partial charge in [-0.15, -0.1) is 5.10 Å². The van der Waals surface area contributed by atoms with Crippen molar-refractivity contribution >= 4 is 11.8 Å². The maximum absolute atomic E-state index is 4.98. The van der Waals surface area contributed by atoms with Crippen molar-refractivity contribution in [1.82, 2.24) is 15.5 Å². The number of hydrogen-bond donors (Lipinski definition) is 1. The lowest BCUT2D eigenvalue weighted by Crippen LogP contribution is -2.36. The highest BCUT2D eigenvalue weighted by atomic mass is 32.2. The smallest absolute Gasteiger partial charge is 0.233 e. The molecule has 5 heteroatoms. The summed E-state index contributed by atoms with van der Waals surface area (Å²) >= 11 is 1.94. The fraction of sp³-hybridized carbons (Fsp3) is 0.692. The highest BCUT2D eigenvalue weighted by Gasteiger charge is 2.23. The molecule has 0 aliphatic rings. The lowest BCUT2D eigenvalue weighted by molar-refractivity contribution is 0.390. The Labute approximate surface area is 114 Å². The Morgan fingerprint density at radius 3 is 2.44 bits per heavy atom. The van der Waals surface area contributed by atoms with E-state index in [1.54, 1.807) is 7.11 Å². The van der Waals surface area contributed by atoms with Crippen LogP contribution in [0.4, 0.5) is 0 Å². The monoisotopic (exact) mass is 269 g/mol. The van der Waals surface area contributed by atoms with E-state index in [0.29, 0.717) is 10.6 Å². The minimum Gasteiger partial charge on any atom is -0.480 e. The van der Waals surface area contributed by atoms with Crippen LogP contribution >= 0.6 is 11.8 Å². The molecule has 1 N–H and O–H groups in total. The van der Waals surface area contributed by atoms with Gasteiger partial charge in [-0.25, -0.2) is 0 Å². The molecular formula is C13H23N3OS. The Balaban J connectivity index is 2.44. The Hall–Kier alpha value is -0.810. The summed E-state index contributed by atoms with van der Waals surface area (Å²) in [4.78, 5) is 0. The molecule has 0 unspecified atom stereocenters. The predicted molar refractivity (Wildman–Crippen MR) is 77.1 cm³/mol. The van der Waals surface area contributed by atoms with Gasteiger partial charge < -0.3 is 10.1 Å². The van der Waals surface area contributed by atoms with E-state index in [9.17, 15) is 0 Å². The summed E-state index contributed by atoms with van der Waals surface area (Å²) in [6, 6.07) is 3.78. The zero-order chi connectivity index (χ0) is 13.4. The van der Waals surface area contributed by atoms with Crippen LogP contribution in [0, 0.1) is 0 Å². The Kier molecular flexibility index (Phi) is 6.43. The molecule has 0 saturated carbocycles. The van der Waals surface area contributed by atoms with Gasteiger partial charge >= 0.3 is 0 Å². The number of methoxy groups -OCH3 is 1. The normalized spacial score (nSPS) is 11.6. The van der Waals surface area contributed by atoms with Gasteiger partial charge in [-0.3, -0.25) is 0 Å². The van der Waals surface area contributed by atoms with E-state index in [-0.39, 0.29) is 0 Å². The Bertz CT molecular complexity index is 330. The largest absolute Gasteiger partial charge is 0.480 e. The van der Waals surface area contributed by atoms with Gasteiger partial charge in [-0.1, -0.05) is 13.8 Å². The van der Waals surface area contributed by atoms with Crippen LogP contribution in [0.25, 0.3) is 0 Å². The Morgan fingerprint density at radius 2 is 2.00 bits per heavy atom. The second-order valence-electron chi connectivity index (χ2n) is 4.26. The number of aromatic nitrogens is 2. The summed E-state index contributed by atoms with van der Waals surface area (Å²) in [6.45, 7) is 6.23. The molecule has 0 saturated heterocycles. The summed E-state index contributed by atoms with van der Waals surface area (Å²) in [6.07, 6.45) is 4.53. The average Bonchev–Trinajstić information content (AvgIpc) is 2.45.